The van der Waals surface area contributed by atoms with Crippen molar-refractivity contribution in [2.24, 2.45) is 5.73 Å². The third kappa shape index (κ3) is 3.97. The van der Waals surface area contributed by atoms with Crippen molar-refractivity contribution in [1.29, 1.82) is 0 Å². The van der Waals surface area contributed by atoms with Crippen molar-refractivity contribution in [2.75, 3.05) is 0 Å². The molecule has 0 saturated heterocycles. The smallest absolute Gasteiger partial charge is 0.322 e. The van der Waals surface area contributed by atoms with Gasteiger partial charge in [0.2, 0.25) is 15.9 Å². The van der Waals surface area contributed by atoms with Crippen LogP contribution in [0.4, 0.5) is 0 Å². The predicted molar refractivity (Wildman–Crippen MR) is 59.5 cm³/mol. The van der Waals surface area contributed by atoms with Gasteiger partial charge in [0.05, 0.1) is 11.7 Å². The van der Waals surface area contributed by atoms with Crippen LogP contribution in [0.1, 0.15) is 32.1 Å². The molecule has 4 N–H and O–H groups in total. The van der Waals surface area contributed by atoms with Crippen molar-refractivity contribution in [3.05, 3.63) is 0 Å². The zero-order chi connectivity index (χ0) is 13.1. The molecule has 1 rings (SSSR count). The molecule has 17 heavy (non-hydrogen) atoms. The Balaban J connectivity index is 2.71. The second-order valence-electron chi connectivity index (χ2n) is 4.13. The van der Waals surface area contributed by atoms with E-state index in [1.165, 1.54) is 0 Å². The number of aliphatic carboxylic acids is 1. The number of primary amides is 1. The SMILES string of the molecule is NC(=O)C[C@H](NS(=O)(=O)C1CCCC1)C(=O)O. The van der Waals surface area contributed by atoms with Crippen LogP contribution in [0.3, 0.4) is 0 Å². The molecule has 1 aliphatic rings. The molecular weight excluding hydrogens is 248 g/mol. The normalized spacial score (nSPS) is 19.1. The van der Waals surface area contributed by atoms with Gasteiger partial charge in [-0.1, -0.05) is 12.8 Å². The number of hydrogen-bond acceptors (Lipinski definition) is 4. The van der Waals surface area contributed by atoms with Crippen LogP contribution in [0.15, 0.2) is 0 Å². The van der Waals surface area contributed by atoms with Crippen molar-refractivity contribution < 1.29 is 23.1 Å². The van der Waals surface area contributed by atoms with Crippen molar-refractivity contribution in [3.8, 4) is 0 Å². The Labute approximate surface area is 99.4 Å². The first-order chi connectivity index (χ1) is 7.83. The summed E-state index contributed by atoms with van der Waals surface area (Å²) in [4.78, 5) is 21.4. The van der Waals surface area contributed by atoms with Crippen LogP contribution in [-0.2, 0) is 19.6 Å². The number of amides is 1. The van der Waals surface area contributed by atoms with E-state index in [2.05, 4.69) is 0 Å². The lowest BCUT2D eigenvalue weighted by Crippen LogP contribution is -2.46. The third-order valence-electron chi connectivity index (χ3n) is 2.75. The highest BCUT2D eigenvalue weighted by Gasteiger charge is 2.33. The number of nitrogens with two attached hydrogens (primary N) is 1. The van der Waals surface area contributed by atoms with Gasteiger partial charge in [-0.3, -0.25) is 9.59 Å². The summed E-state index contributed by atoms with van der Waals surface area (Å²) in [6, 6.07) is -1.47. The van der Waals surface area contributed by atoms with Crippen LogP contribution >= 0.6 is 0 Å². The van der Waals surface area contributed by atoms with Gasteiger partial charge in [-0.15, -0.1) is 0 Å². The van der Waals surface area contributed by atoms with Gasteiger partial charge < -0.3 is 10.8 Å². The molecule has 1 atom stereocenters. The monoisotopic (exact) mass is 264 g/mol. The second kappa shape index (κ2) is 5.46. The van der Waals surface area contributed by atoms with Gasteiger partial charge in [0.1, 0.15) is 6.04 Å². The first kappa shape index (κ1) is 13.9. The first-order valence-corrected chi connectivity index (χ1v) is 6.90. The summed E-state index contributed by atoms with van der Waals surface area (Å²) in [5.74, 6) is -2.25. The minimum Gasteiger partial charge on any atom is -0.480 e. The summed E-state index contributed by atoms with van der Waals surface area (Å²) >= 11 is 0. The standard InChI is InChI=1S/C9H16N2O5S/c10-8(12)5-7(9(13)14)11-17(15,16)6-3-1-2-4-6/h6-7,11H,1-5H2,(H2,10,12)(H,13,14)/t7-/m0/s1. The van der Waals surface area contributed by atoms with Crippen molar-refractivity contribution in [3.63, 3.8) is 0 Å². The van der Waals surface area contributed by atoms with E-state index in [0.717, 1.165) is 12.8 Å². The molecule has 0 spiro atoms. The van der Waals surface area contributed by atoms with Crippen molar-refractivity contribution in [1.82, 2.24) is 4.72 Å². The lowest BCUT2D eigenvalue weighted by molar-refractivity contribution is -0.140. The molecule has 7 nitrogen and oxygen atoms in total. The molecule has 0 aromatic carbocycles. The molecule has 8 heteroatoms. The van der Waals surface area contributed by atoms with Crippen LogP contribution in [0.2, 0.25) is 0 Å². The maximum absolute atomic E-state index is 11.8. The molecule has 0 bridgehead atoms. The minimum atomic E-state index is -3.69. The molecule has 98 valence electrons. The van der Waals surface area contributed by atoms with Gasteiger partial charge in [0.15, 0.2) is 0 Å². The highest BCUT2D eigenvalue weighted by molar-refractivity contribution is 7.90. The Bertz CT molecular complexity index is 400. The van der Waals surface area contributed by atoms with E-state index in [4.69, 9.17) is 10.8 Å². The highest BCUT2D eigenvalue weighted by Crippen LogP contribution is 2.24. The van der Waals surface area contributed by atoms with Gasteiger partial charge in [-0.25, -0.2) is 13.1 Å². The Morgan fingerprint density at radius 1 is 1.35 bits per heavy atom. The van der Waals surface area contributed by atoms with Gasteiger partial charge in [-0.2, -0.15) is 0 Å². The Hall–Kier alpha value is -1.15. The second-order valence-corrected chi connectivity index (χ2v) is 6.12. The minimum absolute atomic E-state index is 0.526. The Morgan fingerprint density at radius 3 is 2.29 bits per heavy atom. The fourth-order valence-electron chi connectivity index (χ4n) is 1.87. The molecule has 1 amide bonds. The van der Waals surface area contributed by atoms with E-state index in [1.807, 2.05) is 4.72 Å². The van der Waals surface area contributed by atoms with Gasteiger partial charge in [0.25, 0.3) is 0 Å². The Kier molecular flexibility index (Phi) is 4.47. The van der Waals surface area contributed by atoms with Crippen LogP contribution < -0.4 is 10.5 Å². The van der Waals surface area contributed by atoms with Crippen molar-refractivity contribution in [2.45, 2.75) is 43.4 Å². The quantitative estimate of drug-likeness (QED) is 0.577. The zero-order valence-corrected chi connectivity index (χ0v) is 10.1. The lowest BCUT2D eigenvalue weighted by Gasteiger charge is -2.16. The molecule has 1 fully saturated rings. The largest absolute Gasteiger partial charge is 0.480 e. The van der Waals surface area contributed by atoms with Crippen LogP contribution in [0, 0.1) is 0 Å². The molecule has 0 radical (unpaired) electrons. The van der Waals surface area contributed by atoms with E-state index in [0.29, 0.717) is 12.8 Å². The molecule has 0 unspecified atom stereocenters. The number of carbonyl (C=O) groups is 2. The fourth-order valence-corrected chi connectivity index (χ4v) is 3.60. The highest BCUT2D eigenvalue weighted by atomic mass is 32.2. The van der Waals surface area contributed by atoms with E-state index in [1.54, 1.807) is 0 Å². The van der Waals surface area contributed by atoms with E-state index in [-0.39, 0.29) is 0 Å². The summed E-state index contributed by atoms with van der Waals surface area (Å²) in [7, 11) is -3.69. The third-order valence-corrected chi connectivity index (χ3v) is 4.71. The number of carbonyl (C=O) groups excluding carboxylic acids is 1. The Morgan fingerprint density at radius 2 is 1.88 bits per heavy atom. The van der Waals surface area contributed by atoms with Crippen molar-refractivity contribution >= 4 is 21.9 Å². The molecule has 1 aliphatic carbocycles. The number of carboxylic acids is 1. The number of rotatable bonds is 6. The molecule has 0 aromatic heterocycles. The van der Waals surface area contributed by atoms with E-state index >= 15 is 0 Å². The van der Waals surface area contributed by atoms with E-state index < -0.39 is 39.6 Å². The number of carboxylic acid groups (broad SMARTS) is 1. The predicted octanol–water partition coefficient (Wildman–Crippen LogP) is -0.823. The summed E-state index contributed by atoms with van der Waals surface area (Å²) in [6.45, 7) is 0. The van der Waals surface area contributed by atoms with E-state index in [9.17, 15) is 18.0 Å². The maximum atomic E-state index is 11.8. The number of sulfonamides is 1. The van der Waals surface area contributed by atoms with Crippen LogP contribution in [0.25, 0.3) is 0 Å². The van der Waals surface area contributed by atoms with Gasteiger partial charge in [-0.05, 0) is 12.8 Å². The summed E-state index contributed by atoms with van der Waals surface area (Å²) in [6.07, 6.45) is 2.15. The average Bonchev–Trinajstić information content (AvgIpc) is 2.68. The summed E-state index contributed by atoms with van der Waals surface area (Å²) < 4.78 is 25.6. The van der Waals surface area contributed by atoms with Crippen LogP contribution in [-0.4, -0.2) is 36.7 Å². The molecular formula is C9H16N2O5S. The summed E-state index contributed by atoms with van der Waals surface area (Å²) in [5.41, 5.74) is 4.87. The summed E-state index contributed by atoms with van der Waals surface area (Å²) in [5, 5.41) is 8.24. The van der Waals surface area contributed by atoms with Gasteiger partial charge >= 0.3 is 5.97 Å². The number of nitrogens with one attached hydrogen (secondary N) is 1. The lowest BCUT2D eigenvalue weighted by atomic mass is 10.2. The molecule has 0 heterocycles. The van der Waals surface area contributed by atoms with Gasteiger partial charge in [0, 0.05) is 0 Å². The molecule has 0 aromatic rings. The molecule has 1 saturated carbocycles. The number of hydrogen-bond donors (Lipinski definition) is 3. The topological polar surface area (TPSA) is 127 Å². The molecule has 0 aliphatic heterocycles. The van der Waals surface area contributed by atoms with Crippen LogP contribution in [0.5, 0.6) is 0 Å². The first-order valence-electron chi connectivity index (χ1n) is 5.35. The zero-order valence-electron chi connectivity index (χ0n) is 9.26. The maximum Gasteiger partial charge on any atom is 0.322 e. The fraction of sp³-hybridized carbons (Fsp3) is 0.778. The average molecular weight is 264 g/mol.